The standard InChI is InChI=1S/C12H8N4O3S/c17-12-14-8-5-7(6-13-11(8)15-12)20-10-4-2-1-3-9(10)16(18)19/h1-6H,(H2,13,14,15,17). The molecule has 100 valence electrons. The zero-order valence-corrected chi connectivity index (χ0v) is 10.8. The summed E-state index contributed by atoms with van der Waals surface area (Å²) in [6, 6.07) is 8.20. The van der Waals surface area contributed by atoms with Gasteiger partial charge in [-0.3, -0.25) is 15.1 Å². The fraction of sp³-hybridized carbons (Fsp3) is 0. The lowest BCUT2D eigenvalue weighted by Crippen LogP contribution is -1.99. The Balaban J connectivity index is 2.00. The van der Waals surface area contributed by atoms with Crippen molar-refractivity contribution in [3.05, 3.63) is 57.1 Å². The average Bonchev–Trinajstić information content (AvgIpc) is 2.78. The molecule has 0 saturated carbocycles. The van der Waals surface area contributed by atoms with E-state index < -0.39 is 4.92 Å². The third-order valence-electron chi connectivity index (χ3n) is 2.63. The normalized spacial score (nSPS) is 10.8. The number of H-pyrrole nitrogens is 2. The van der Waals surface area contributed by atoms with Crippen LogP contribution in [0.3, 0.4) is 0 Å². The molecule has 0 bridgehead atoms. The molecule has 0 radical (unpaired) electrons. The highest BCUT2D eigenvalue weighted by Gasteiger charge is 2.14. The second-order valence-electron chi connectivity index (χ2n) is 3.97. The number of nitro groups is 1. The molecule has 3 aromatic rings. The molecule has 0 fully saturated rings. The Bertz CT molecular complexity index is 855. The van der Waals surface area contributed by atoms with Crippen LogP contribution in [0.2, 0.25) is 0 Å². The first kappa shape index (κ1) is 12.4. The van der Waals surface area contributed by atoms with E-state index in [9.17, 15) is 14.9 Å². The summed E-state index contributed by atoms with van der Waals surface area (Å²) in [4.78, 5) is 32.2. The highest BCUT2D eigenvalue weighted by molar-refractivity contribution is 7.99. The van der Waals surface area contributed by atoms with Crippen LogP contribution in [0.25, 0.3) is 11.2 Å². The number of hydrogen-bond donors (Lipinski definition) is 2. The van der Waals surface area contributed by atoms with E-state index in [0.717, 1.165) is 0 Å². The summed E-state index contributed by atoms with van der Waals surface area (Å²) in [7, 11) is 0. The Kier molecular flexibility index (Phi) is 2.99. The summed E-state index contributed by atoms with van der Waals surface area (Å²) in [6.07, 6.45) is 1.56. The maximum absolute atomic E-state index is 11.2. The van der Waals surface area contributed by atoms with Gasteiger partial charge < -0.3 is 4.98 Å². The molecule has 7 nitrogen and oxygen atoms in total. The Labute approximate surface area is 116 Å². The zero-order valence-electron chi connectivity index (χ0n) is 9.99. The van der Waals surface area contributed by atoms with Gasteiger partial charge in [0.05, 0.1) is 15.3 Å². The Morgan fingerprint density at radius 3 is 2.85 bits per heavy atom. The highest BCUT2D eigenvalue weighted by atomic mass is 32.2. The molecule has 3 rings (SSSR count). The Morgan fingerprint density at radius 2 is 2.05 bits per heavy atom. The second kappa shape index (κ2) is 4.82. The van der Waals surface area contributed by atoms with Crippen molar-refractivity contribution >= 4 is 28.6 Å². The molecule has 0 aliphatic heterocycles. The number of nitrogens with one attached hydrogen (secondary N) is 2. The van der Waals surface area contributed by atoms with Gasteiger partial charge in [-0.15, -0.1) is 0 Å². The van der Waals surface area contributed by atoms with Crippen LogP contribution < -0.4 is 5.69 Å². The quantitative estimate of drug-likeness (QED) is 0.568. The first-order chi connectivity index (χ1) is 9.63. The first-order valence-electron chi connectivity index (χ1n) is 5.63. The monoisotopic (exact) mass is 288 g/mol. The smallest absolute Gasteiger partial charge is 0.304 e. The molecule has 0 spiro atoms. The lowest BCUT2D eigenvalue weighted by molar-refractivity contribution is -0.387. The average molecular weight is 288 g/mol. The van der Waals surface area contributed by atoms with Crippen LogP contribution in [0.4, 0.5) is 5.69 Å². The number of rotatable bonds is 3. The minimum Gasteiger partial charge on any atom is -0.304 e. The van der Waals surface area contributed by atoms with E-state index in [-0.39, 0.29) is 11.4 Å². The van der Waals surface area contributed by atoms with Crippen molar-refractivity contribution in [3.63, 3.8) is 0 Å². The minimum atomic E-state index is -0.424. The van der Waals surface area contributed by atoms with Gasteiger partial charge in [0.25, 0.3) is 5.69 Å². The molecule has 20 heavy (non-hydrogen) atoms. The van der Waals surface area contributed by atoms with Crippen molar-refractivity contribution in [2.24, 2.45) is 0 Å². The molecule has 2 N–H and O–H groups in total. The highest BCUT2D eigenvalue weighted by Crippen LogP contribution is 2.34. The summed E-state index contributed by atoms with van der Waals surface area (Å²) in [5.74, 6) is 0. The van der Waals surface area contributed by atoms with Crippen LogP contribution in [0.5, 0.6) is 0 Å². The lowest BCUT2D eigenvalue weighted by atomic mass is 10.3. The number of imidazole rings is 1. The molecule has 0 amide bonds. The van der Waals surface area contributed by atoms with Gasteiger partial charge in [0, 0.05) is 17.2 Å². The summed E-state index contributed by atoms with van der Waals surface area (Å²) in [5.41, 5.74) is 0.737. The molecule has 2 aromatic heterocycles. The number of nitro benzene ring substituents is 1. The number of benzene rings is 1. The number of aromatic nitrogens is 3. The van der Waals surface area contributed by atoms with Crippen molar-refractivity contribution in [2.75, 3.05) is 0 Å². The third-order valence-corrected chi connectivity index (χ3v) is 3.66. The number of aromatic amines is 2. The maximum Gasteiger partial charge on any atom is 0.325 e. The van der Waals surface area contributed by atoms with Gasteiger partial charge in [-0.25, -0.2) is 9.78 Å². The summed E-state index contributed by atoms with van der Waals surface area (Å²) < 4.78 is 0. The van der Waals surface area contributed by atoms with Gasteiger partial charge in [0.15, 0.2) is 5.65 Å². The third kappa shape index (κ3) is 2.28. The number of fused-ring (bicyclic) bond motifs is 1. The van der Waals surface area contributed by atoms with Crippen LogP contribution >= 0.6 is 11.8 Å². The predicted octanol–water partition coefficient (Wildman–Crippen LogP) is 2.31. The van der Waals surface area contributed by atoms with Crippen LogP contribution in [0.15, 0.2) is 51.1 Å². The molecular weight excluding hydrogens is 280 g/mol. The number of nitrogens with zero attached hydrogens (tertiary/aromatic N) is 2. The largest absolute Gasteiger partial charge is 0.325 e. The molecule has 1 aromatic carbocycles. The van der Waals surface area contributed by atoms with Crippen LogP contribution in [0, 0.1) is 10.1 Å². The molecule has 0 atom stereocenters. The van der Waals surface area contributed by atoms with E-state index in [4.69, 9.17) is 0 Å². The van der Waals surface area contributed by atoms with E-state index in [0.29, 0.717) is 21.0 Å². The van der Waals surface area contributed by atoms with Crippen LogP contribution in [-0.4, -0.2) is 19.9 Å². The van der Waals surface area contributed by atoms with E-state index in [1.165, 1.54) is 17.8 Å². The molecule has 8 heteroatoms. The predicted molar refractivity (Wildman–Crippen MR) is 73.9 cm³/mol. The van der Waals surface area contributed by atoms with Crippen molar-refractivity contribution in [1.29, 1.82) is 0 Å². The van der Waals surface area contributed by atoms with Crippen molar-refractivity contribution in [2.45, 2.75) is 9.79 Å². The SMILES string of the molecule is O=c1[nH]c2cc(Sc3ccccc3[N+](=O)[O-])cnc2[nH]1. The summed E-state index contributed by atoms with van der Waals surface area (Å²) >= 11 is 1.23. The fourth-order valence-electron chi connectivity index (χ4n) is 1.78. The van der Waals surface area contributed by atoms with Gasteiger partial charge in [0.2, 0.25) is 0 Å². The van der Waals surface area contributed by atoms with Gasteiger partial charge in [-0.2, -0.15) is 0 Å². The van der Waals surface area contributed by atoms with E-state index >= 15 is 0 Å². The van der Waals surface area contributed by atoms with Crippen molar-refractivity contribution < 1.29 is 4.92 Å². The molecule has 2 heterocycles. The van der Waals surface area contributed by atoms with E-state index in [2.05, 4.69) is 15.0 Å². The van der Waals surface area contributed by atoms with Gasteiger partial charge in [0.1, 0.15) is 0 Å². The van der Waals surface area contributed by atoms with Crippen molar-refractivity contribution in [1.82, 2.24) is 15.0 Å². The Morgan fingerprint density at radius 1 is 1.25 bits per heavy atom. The topological polar surface area (TPSA) is 105 Å². The van der Waals surface area contributed by atoms with Gasteiger partial charge in [-0.1, -0.05) is 23.9 Å². The van der Waals surface area contributed by atoms with Crippen LogP contribution in [0.1, 0.15) is 0 Å². The van der Waals surface area contributed by atoms with Crippen LogP contribution in [-0.2, 0) is 0 Å². The first-order valence-corrected chi connectivity index (χ1v) is 6.44. The molecule has 0 aliphatic carbocycles. The number of pyridine rings is 1. The van der Waals surface area contributed by atoms with Gasteiger partial charge in [-0.05, 0) is 12.1 Å². The molecular formula is C12H8N4O3S. The second-order valence-corrected chi connectivity index (χ2v) is 5.09. The lowest BCUT2D eigenvalue weighted by Gasteiger charge is -2.02. The van der Waals surface area contributed by atoms with E-state index in [1.54, 1.807) is 30.5 Å². The van der Waals surface area contributed by atoms with Crippen molar-refractivity contribution in [3.8, 4) is 0 Å². The molecule has 0 unspecified atom stereocenters. The minimum absolute atomic E-state index is 0.0418. The number of hydrogen-bond acceptors (Lipinski definition) is 5. The zero-order chi connectivity index (χ0) is 14.1. The molecule has 0 aliphatic rings. The maximum atomic E-state index is 11.2. The van der Waals surface area contributed by atoms with Gasteiger partial charge >= 0.3 is 5.69 Å². The number of para-hydroxylation sites is 1. The van der Waals surface area contributed by atoms with E-state index in [1.807, 2.05) is 0 Å². The summed E-state index contributed by atoms with van der Waals surface area (Å²) in [6.45, 7) is 0. The summed E-state index contributed by atoms with van der Waals surface area (Å²) in [5, 5.41) is 11.0. The fourth-order valence-corrected chi connectivity index (χ4v) is 2.71. The Hall–Kier alpha value is -2.61. The molecule has 0 saturated heterocycles.